The summed E-state index contributed by atoms with van der Waals surface area (Å²) >= 11 is 0. The maximum atomic E-state index is 12.0. The number of nitrogens with one attached hydrogen (secondary N) is 1. The van der Waals surface area contributed by atoms with Crippen LogP contribution in [0.5, 0.6) is 5.75 Å². The average molecular weight is 464 g/mol. The van der Waals surface area contributed by atoms with E-state index in [0.717, 1.165) is 68.6 Å². The monoisotopic (exact) mass is 463 g/mol. The molecular formula is C28H37N3O3. The molecule has 182 valence electrons. The van der Waals surface area contributed by atoms with Gasteiger partial charge in [-0.15, -0.1) is 0 Å². The second-order valence-corrected chi connectivity index (χ2v) is 9.24. The van der Waals surface area contributed by atoms with Gasteiger partial charge in [0.1, 0.15) is 17.7 Å². The molecule has 0 saturated carbocycles. The van der Waals surface area contributed by atoms with E-state index < -0.39 is 0 Å². The van der Waals surface area contributed by atoms with E-state index in [0.29, 0.717) is 19.8 Å². The van der Waals surface area contributed by atoms with E-state index in [1.165, 1.54) is 16.6 Å². The van der Waals surface area contributed by atoms with Crippen molar-refractivity contribution in [3.63, 3.8) is 0 Å². The van der Waals surface area contributed by atoms with Crippen LogP contribution in [0, 0.1) is 13.8 Å². The lowest BCUT2D eigenvalue weighted by Crippen LogP contribution is -2.34. The van der Waals surface area contributed by atoms with Crippen LogP contribution in [0.15, 0.2) is 42.5 Å². The van der Waals surface area contributed by atoms with Crippen LogP contribution in [0.1, 0.15) is 55.5 Å². The fraction of sp³-hybridized carbons (Fsp3) is 0.500. The summed E-state index contributed by atoms with van der Waals surface area (Å²) in [5.41, 5.74) is 4.68. The quantitative estimate of drug-likeness (QED) is 0.378. The number of carbonyl (C=O) groups is 1. The number of hydrogen-bond donors (Lipinski definition) is 1. The number of imidazole rings is 1. The number of ether oxygens (including phenoxy) is 2. The molecule has 2 aromatic carbocycles. The van der Waals surface area contributed by atoms with Gasteiger partial charge in [0, 0.05) is 26.1 Å². The molecule has 1 saturated heterocycles. The van der Waals surface area contributed by atoms with Gasteiger partial charge in [0.2, 0.25) is 5.91 Å². The zero-order valence-electron chi connectivity index (χ0n) is 20.5. The van der Waals surface area contributed by atoms with Gasteiger partial charge in [-0.1, -0.05) is 36.2 Å². The fourth-order valence-corrected chi connectivity index (χ4v) is 4.63. The maximum absolute atomic E-state index is 12.0. The number of rotatable bonds is 12. The third-order valence-electron chi connectivity index (χ3n) is 6.45. The molecule has 0 aliphatic carbocycles. The maximum Gasteiger partial charge on any atom is 0.249 e. The number of para-hydroxylation sites is 2. The lowest BCUT2D eigenvalue weighted by Gasteiger charge is -2.12. The van der Waals surface area contributed by atoms with Gasteiger partial charge in [0.25, 0.3) is 0 Å². The Morgan fingerprint density at radius 3 is 2.85 bits per heavy atom. The van der Waals surface area contributed by atoms with Crippen LogP contribution in [0.4, 0.5) is 0 Å². The zero-order chi connectivity index (χ0) is 23.8. The number of amides is 1. The zero-order valence-corrected chi connectivity index (χ0v) is 20.5. The summed E-state index contributed by atoms with van der Waals surface area (Å²) in [6, 6.07) is 14.7. The van der Waals surface area contributed by atoms with Gasteiger partial charge in [0.15, 0.2) is 0 Å². The Morgan fingerprint density at radius 1 is 1.15 bits per heavy atom. The van der Waals surface area contributed by atoms with Crippen LogP contribution in [-0.2, 0) is 22.5 Å². The first-order valence-electron chi connectivity index (χ1n) is 12.7. The number of unbranched alkanes of at least 4 members (excludes halogenated alkanes) is 2. The molecule has 1 aliphatic rings. The molecule has 1 aromatic heterocycles. The molecule has 6 heteroatoms. The van der Waals surface area contributed by atoms with Crippen molar-refractivity contribution in [2.75, 3.05) is 19.8 Å². The number of carbonyl (C=O) groups excluding carboxylic acids is 1. The summed E-state index contributed by atoms with van der Waals surface area (Å²) < 4.78 is 13.8. The number of hydrogen-bond acceptors (Lipinski definition) is 4. The third kappa shape index (κ3) is 6.38. The van der Waals surface area contributed by atoms with Gasteiger partial charge in [0.05, 0.1) is 17.6 Å². The molecule has 6 nitrogen and oxygen atoms in total. The molecule has 0 spiro atoms. The molecule has 1 unspecified atom stereocenters. The Balaban J connectivity index is 1.24. The van der Waals surface area contributed by atoms with E-state index in [1.807, 2.05) is 6.07 Å². The molecule has 0 radical (unpaired) electrons. The van der Waals surface area contributed by atoms with Gasteiger partial charge < -0.3 is 19.4 Å². The van der Waals surface area contributed by atoms with E-state index in [2.05, 4.69) is 60.1 Å². The number of aryl methyl sites for hydroxylation is 4. The van der Waals surface area contributed by atoms with Gasteiger partial charge in [-0.25, -0.2) is 4.98 Å². The predicted molar refractivity (Wildman–Crippen MR) is 135 cm³/mol. The highest BCUT2D eigenvalue weighted by molar-refractivity contribution is 5.80. The van der Waals surface area contributed by atoms with Crippen LogP contribution in [0.25, 0.3) is 11.0 Å². The summed E-state index contributed by atoms with van der Waals surface area (Å²) in [6.45, 7) is 7.18. The molecule has 1 amide bonds. The molecule has 3 aromatic rings. The highest BCUT2D eigenvalue weighted by Crippen LogP contribution is 2.21. The lowest BCUT2D eigenvalue weighted by atomic mass is 10.1. The normalized spacial score (nSPS) is 15.6. The van der Waals surface area contributed by atoms with Crippen LogP contribution in [-0.4, -0.2) is 41.3 Å². The molecular weight excluding hydrogens is 426 g/mol. The highest BCUT2D eigenvalue weighted by Gasteiger charge is 2.22. The number of nitrogens with zero attached hydrogens (tertiary/aromatic N) is 2. The summed E-state index contributed by atoms with van der Waals surface area (Å²) in [4.78, 5) is 16.9. The summed E-state index contributed by atoms with van der Waals surface area (Å²) in [5.74, 6) is 2.14. The van der Waals surface area contributed by atoms with Crippen molar-refractivity contribution < 1.29 is 14.3 Å². The van der Waals surface area contributed by atoms with Gasteiger partial charge in [-0.2, -0.15) is 0 Å². The second-order valence-electron chi connectivity index (χ2n) is 9.24. The molecule has 1 fully saturated rings. The van der Waals surface area contributed by atoms with E-state index in [4.69, 9.17) is 14.5 Å². The SMILES string of the molecule is Cc1ccc(OCCCn2c(CCCCCNC(=O)C3CCCO3)nc3ccccc32)c(C)c1. The predicted octanol–water partition coefficient (Wildman–Crippen LogP) is 5.13. The van der Waals surface area contributed by atoms with Crippen molar-refractivity contribution in [2.24, 2.45) is 0 Å². The molecule has 4 rings (SSSR count). The van der Waals surface area contributed by atoms with E-state index in [-0.39, 0.29) is 12.0 Å². The first-order valence-corrected chi connectivity index (χ1v) is 12.7. The Hall–Kier alpha value is -2.86. The first kappa shape index (κ1) is 24.3. The van der Waals surface area contributed by atoms with Gasteiger partial charge in [-0.3, -0.25) is 4.79 Å². The minimum absolute atomic E-state index is 0.0438. The Kier molecular flexibility index (Phi) is 8.58. The van der Waals surface area contributed by atoms with Crippen molar-refractivity contribution in [2.45, 2.75) is 71.4 Å². The fourth-order valence-electron chi connectivity index (χ4n) is 4.63. The Bertz CT molecular complexity index is 1090. The van der Waals surface area contributed by atoms with E-state index >= 15 is 0 Å². The lowest BCUT2D eigenvalue weighted by molar-refractivity contribution is -0.130. The molecule has 34 heavy (non-hydrogen) atoms. The van der Waals surface area contributed by atoms with Crippen molar-refractivity contribution in [3.05, 3.63) is 59.4 Å². The van der Waals surface area contributed by atoms with Crippen LogP contribution < -0.4 is 10.1 Å². The van der Waals surface area contributed by atoms with Crippen LogP contribution in [0.2, 0.25) is 0 Å². The average Bonchev–Trinajstić information content (AvgIpc) is 3.48. The minimum atomic E-state index is -0.237. The number of fused-ring (bicyclic) bond motifs is 1. The first-order chi connectivity index (χ1) is 16.6. The van der Waals surface area contributed by atoms with Crippen LogP contribution in [0.3, 0.4) is 0 Å². The van der Waals surface area contributed by atoms with E-state index in [9.17, 15) is 4.79 Å². The standard InChI is InChI=1S/C28H37N3O3/c1-21-14-15-25(22(2)20-21)33-19-9-17-31-24-11-6-5-10-23(24)30-27(31)13-4-3-7-16-29-28(32)26-12-8-18-34-26/h5-6,10-11,14-15,20,26H,3-4,7-9,12-13,16-19H2,1-2H3,(H,29,32). The minimum Gasteiger partial charge on any atom is -0.493 e. The highest BCUT2D eigenvalue weighted by atomic mass is 16.5. The summed E-state index contributed by atoms with van der Waals surface area (Å²) in [5, 5.41) is 3.01. The number of benzene rings is 2. The molecule has 1 aliphatic heterocycles. The topological polar surface area (TPSA) is 65.4 Å². The van der Waals surface area contributed by atoms with Gasteiger partial charge in [-0.05, 0) is 69.7 Å². The largest absolute Gasteiger partial charge is 0.493 e. The summed E-state index contributed by atoms with van der Waals surface area (Å²) in [6.07, 6.45) is 6.54. The molecule has 1 atom stereocenters. The van der Waals surface area contributed by atoms with Gasteiger partial charge >= 0.3 is 0 Å². The summed E-state index contributed by atoms with van der Waals surface area (Å²) in [7, 11) is 0. The third-order valence-corrected chi connectivity index (χ3v) is 6.45. The Labute approximate surface area is 202 Å². The molecule has 0 bridgehead atoms. The Morgan fingerprint density at radius 2 is 2.03 bits per heavy atom. The van der Waals surface area contributed by atoms with Crippen molar-refractivity contribution >= 4 is 16.9 Å². The smallest absolute Gasteiger partial charge is 0.249 e. The van der Waals surface area contributed by atoms with Crippen molar-refractivity contribution in [1.82, 2.24) is 14.9 Å². The van der Waals surface area contributed by atoms with Crippen molar-refractivity contribution in [1.29, 1.82) is 0 Å². The van der Waals surface area contributed by atoms with Crippen molar-refractivity contribution in [3.8, 4) is 5.75 Å². The second kappa shape index (κ2) is 12.0. The van der Waals surface area contributed by atoms with Crippen LogP contribution >= 0.6 is 0 Å². The molecule has 1 N–H and O–H groups in total. The number of aromatic nitrogens is 2. The molecule has 2 heterocycles. The van der Waals surface area contributed by atoms with E-state index in [1.54, 1.807) is 0 Å².